The Morgan fingerprint density at radius 2 is 1.70 bits per heavy atom. The SMILES string of the molecule is CS(=O)(=NCc1ccc(F)cc1)c1ccc(-c2noc(C(F)(F)F)n2)cc1. The molecule has 3 rings (SSSR count). The van der Waals surface area contributed by atoms with Crippen molar-refractivity contribution in [2.75, 3.05) is 6.26 Å². The second kappa shape index (κ2) is 7.10. The Morgan fingerprint density at radius 1 is 1.07 bits per heavy atom. The summed E-state index contributed by atoms with van der Waals surface area (Å²) in [6, 6.07) is 11.5. The van der Waals surface area contributed by atoms with Crippen molar-refractivity contribution < 1.29 is 26.3 Å². The summed E-state index contributed by atoms with van der Waals surface area (Å²) in [4.78, 5) is 3.69. The number of benzene rings is 2. The number of halogens is 4. The van der Waals surface area contributed by atoms with E-state index in [1.54, 1.807) is 12.1 Å². The Labute approximate surface area is 152 Å². The third-order valence-electron chi connectivity index (χ3n) is 3.63. The van der Waals surface area contributed by atoms with Crippen LogP contribution in [0.4, 0.5) is 17.6 Å². The molecule has 27 heavy (non-hydrogen) atoms. The first-order chi connectivity index (χ1) is 12.6. The lowest BCUT2D eigenvalue weighted by Gasteiger charge is -2.06. The van der Waals surface area contributed by atoms with Crippen molar-refractivity contribution in [2.24, 2.45) is 4.36 Å². The van der Waals surface area contributed by atoms with E-state index in [0.717, 1.165) is 0 Å². The summed E-state index contributed by atoms with van der Waals surface area (Å²) < 4.78 is 71.6. The van der Waals surface area contributed by atoms with Gasteiger partial charge in [-0.25, -0.2) is 13.0 Å². The zero-order valence-corrected chi connectivity index (χ0v) is 14.7. The van der Waals surface area contributed by atoms with E-state index in [0.29, 0.717) is 10.5 Å². The van der Waals surface area contributed by atoms with Crippen LogP contribution in [0.3, 0.4) is 0 Å². The standard InChI is InChI=1S/C17H13F4N3O2S/c1-27(25,22-10-11-2-6-13(18)7-3-11)14-8-4-12(5-9-14)15-23-16(26-24-15)17(19,20)21/h2-9H,10H2,1H3. The van der Waals surface area contributed by atoms with Gasteiger partial charge in [0, 0.05) is 16.7 Å². The van der Waals surface area contributed by atoms with E-state index in [1.165, 1.54) is 42.7 Å². The van der Waals surface area contributed by atoms with Crippen LogP contribution in [0.2, 0.25) is 0 Å². The lowest BCUT2D eigenvalue weighted by molar-refractivity contribution is -0.159. The average molecular weight is 399 g/mol. The molecule has 2 aromatic carbocycles. The zero-order chi connectivity index (χ0) is 19.7. The highest BCUT2D eigenvalue weighted by molar-refractivity contribution is 7.93. The minimum absolute atomic E-state index is 0.136. The Balaban J connectivity index is 1.81. The van der Waals surface area contributed by atoms with Crippen molar-refractivity contribution in [1.29, 1.82) is 0 Å². The highest BCUT2D eigenvalue weighted by atomic mass is 32.2. The molecule has 0 aliphatic rings. The maximum Gasteiger partial charge on any atom is 0.471 e. The maximum atomic E-state index is 12.9. The van der Waals surface area contributed by atoms with Gasteiger partial charge in [0.15, 0.2) is 0 Å². The normalized spacial score (nSPS) is 14.0. The fourth-order valence-electron chi connectivity index (χ4n) is 2.17. The second-order valence-corrected chi connectivity index (χ2v) is 8.00. The van der Waals surface area contributed by atoms with Gasteiger partial charge in [0.2, 0.25) is 5.82 Å². The molecule has 0 radical (unpaired) electrons. The molecule has 0 N–H and O–H groups in total. The predicted octanol–water partition coefficient (Wildman–Crippen LogP) is 4.55. The van der Waals surface area contributed by atoms with Crippen LogP contribution in [0.5, 0.6) is 0 Å². The van der Waals surface area contributed by atoms with Gasteiger partial charge in [0.1, 0.15) is 5.82 Å². The molecule has 0 fully saturated rings. The van der Waals surface area contributed by atoms with Gasteiger partial charge in [-0.2, -0.15) is 18.2 Å². The van der Waals surface area contributed by atoms with Crippen LogP contribution in [-0.2, 0) is 22.5 Å². The van der Waals surface area contributed by atoms with E-state index in [-0.39, 0.29) is 23.7 Å². The summed E-state index contributed by atoms with van der Waals surface area (Å²) in [5.41, 5.74) is 0.987. The summed E-state index contributed by atoms with van der Waals surface area (Å²) in [5.74, 6) is -2.03. The minimum atomic E-state index is -4.72. The molecule has 10 heteroatoms. The molecule has 0 saturated heterocycles. The molecule has 142 valence electrons. The number of hydrogen-bond acceptors (Lipinski definition) is 5. The van der Waals surface area contributed by atoms with Crippen LogP contribution >= 0.6 is 0 Å². The molecular weight excluding hydrogens is 386 g/mol. The van der Waals surface area contributed by atoms with Crippen LogP contribution < -0.4 is 0 Å². The molecule has 1 atom stereocenters. The average Bonchev–Trinajstić information content (AvgIpc) is 3.12. The second-order valence-electron chi connectivity index (χ2n) is 5.66. The summed E-state index contributed by atoms with van der Waals surface area (Å²) in [5, 5.41) is 3.30. The Bertz CT molecular complexity index is 1050. The fourth-order valence-corrected chi connectivity index (χ4v) is 3.36. The van der Waals surface area contributed by atoms with Crippen LogP contribution in [-0.4, -0.2) is 20.6 Å². The lowest BCUT2D eigenvalue weighted by atomic mass is 10.2. The molecule has 0 aliphatic heterocycles. The zero-order valence-electron chi connectivity index (χ0n) is 13.9. The van der Waals surface area contributed by atoms with Crippen molar-refractivity contribution >= 4 is 9.73 Å². The minimum Gasteiger partial charge on any atom is -0.329 e. The van der Waals surface area contributed by atoms with Gasteiger partial charge in [0.05, 0.1) is 16.3 Å². The summed E-state index contributed by atoms with van der Waals surface area (Å²) in [7, 11) is -2.75. The summed E-state index contributed by atoms with van der Waals surface area (Å²) >= 11 is 0. The van der Waals surface area contributed by atoms with Crippen LogP contribution in [0.25, 0.3) is 11.4 Å². The number of hydrogen-bond donors (Lipinski definition) is 0. The summed E-state index contributed by atoms with van der Waals surface area (Å²) in [6.45, 7) is 0.136. The largest absolute Gasteiger partial charge is 0.471 e. The van der Waals surface area contributed by atoms with E-state index in [4.69, 9.17) is 0 Å². The molecule has 0 spiro atoms. The van der Waals surface area contributed by atoms with E-state index >= 15 is 0 Å². The molecule has 1 heterocycles. The molecule has 0 saturated carbocycles. The smallest absolute Gasteiger partial charge is 0.329 e. The van der Waals surface area contributed by atoms with E-state index in [9.17, 15) is 21.8 Å². The first-order valence-corrected chi connectivity index (χ1v) is 9.51. The maximum absolute atomic E-state index is 12.9. The van der Waals surface area contributed by atoms with Crippen molar-refractivity contribution in [3.05, 3.63) is 65.8 Å². The van der Waals surface area contributed by atoms with Crippen molar-refractivity contribution in [2.45, 2.75) is 17.6 Å². The number of aromatic nitrogens is 2. The molecular formula is C17H13F4N3O2S. The predicted molar refractivity (Wildman–Crippen MR) is 89.6 cm³/mol. The van der Waals surface area contributed by atoms with E-state index in [2.05, 4.69) is 19.0 Å². The number of alkyl halides is 3. The first-order valence-electron chi connectivity index (χ1n) is 7.59. The highest BCUT2D eigenvalue weighted by Crippen LogP contribution is 2.29. The van der Waals surface area contributed by atoms with Crippen LogP contribution in [0, 0.1) is 5.82 Å². The molecule has 0 aliphatic carbocycles. The summed E-state index contributed by atoms with van der Waals surface area (Å²) in [6.07, 6.45) is -3.27. The van der Waals surface area contributed by atoms with Crippen LogP contribution in [0.1, 0.15) is 11.5 Å². The topological polar surface area (TPSA) is 68.3 Å². The monoisotopic (exact) mass is 399 g/mol. The van der Waals surface area contributed by atoms with Crippen molar-refractivity contribution in [1.82, 2.24) is 10.1 Å². The third kappa shape index (κ3) is 4.51. The highest BCUT2D eigenvalue weighted by Gasteiger charge is 2.38. The Kier molecular flexibility index (Phi) is 5.01. The van der Waals surface area contributed by atoms with Gasteiger partial charge in [-0.3, -0.25) is 0 Å². The van der Waals surface area contributed by atoms with Crippen LogP contribution in [0.15, 0.2) is 62.3 Å². The molecule has 0 amide bonds. The molecule has 3 aromatic rings. The Morgan fingerprint density at radius 3 is 2.26 bits per heavy atom. The molecule has 5 nitrogen and oxygen atoms in total. The Hall–Kier alpha value is -2.75. The number of rotatable bonds is 4. The first kappa shape index (κ1) is 19.0. The number of nitrogens with zero attached hydrogens (tertiary/aromatic N) is 3. The van der Waals surface area contributed by atoms with Gasteiger partial charge < -0.3 is 4.52 Å². The van der Waals surface area contributed by atoms with Crippen molar-refractivity contribution in [3.8, 4) is 11.4 Å². The van der Waals surface area contributed by atoms with Gasteiger partial charge in [0.25, 0.3) is 0 Å². The molecule has 1 unspecified atom stereocenters. The quantitative estimate of drug-likeness (QED) is 0.604. The van der Waals surface area contributed by atoms with E-state index < -0.39 is 21.8 Å². The van der Waals surface area contributed by atoms with Gasteiger partial charge >= 0.3 is 12.1 Å². The van der Waals surface area contributed by atoms with E-state index in [1.807, 2.05) is 0 Å². The van der Waals surface area contributed by atoms with Crippen molar-refractivity contribution in [3.63, 3.8) is 0 Å². The van der Waals surface area contributed by atoms with Gasteiger partial charge in [-0.05, 0) is 42.0 Å². The molecule has 1 aromatic heterocycles. The van der Waals surface area contributed by atoms with Gasteiger partial charge in [-0.15, -0.1) is 0 Å². The van der Waals surface area contributed by atoms with Gasteiger partial charge in [-0.1, -0.05) is 17.3 Å². The lowest BCUT2D eigenvalue weighted by Crippen LogP contribution is -2.04. The third-order valence-corrected chi connectivity index (χ3v) is 5.39. The molecule has 0 bridgehead atoms. The fraction of sp³-hybridized carbons (Fsp3) is 0.176.